The van der Waals surface area contributed by atoms with Crippen LogP contribution in [-0.4, -0.2) is 12.4 Å². The van der Waals surface area contributed by atoms with Crippen molar-refractivity contribution in [2.45, 2.75) is 40.0 Å². The van der Waals surface area contributed by atoms with Crippen LogP contribution in [0.1, 0.15) is 40.0 Å². The summed E-state index contributed by atoms with van der Waals surface area (Å²) >= 11 is 0. The molecule has 2 N–H and O–H groups in total. The van der Waals surface area contributed by atoms with Crippen LogP contribution >= 0.6 is 0 Å². The van der Waals surface area contributed by atoms with Crippen molar-refractivity contribution in [3.8, 4) is 0 Å². The molecule has 0 fully saturated rings. The van der Waals surface area contributed by atoms with Gasteiger partial charge in [0.25, 0.3) is 0 Å². The van der Waals surface area contributed by atoms with Gasteiger partial charge in [0.05, 0.1) is 0 Å². The van der Waals surface area contributed by atoms with Crippen molar-refractivity contribution in [1.29, 1.82) is 0 Å². The molecule has 0 spiro atoms. The molecular formula is C13H24N2. The van der Waals surface area contributed by atoms with E-state index in [4.69, 9.17) is 5.73 Å². The molecule has 0 aromatic carbocycles. The first-order chi connectivity index (χ1) is 7.15. The number of nitrogens with zero attached hydrogens (tertiary/aromatic N) is 1. The van der Waals surface area contributed by atoms with Crippen LogP contribution < -0.4 is 5.73 Å². The first kappa shape index (κ1) is 13.9. The Kier molecular flexibility index (Phi) is 6.76. The van der Waals surface area contributed by atoms with Crippen molar-refractivity contribution in [1.82, 2.24) is 0 Å². The lowest BCUT2D eigenvalue weighted by Gasteiger charge is -2.22. The van der Waals surface area contributed by atoms with Gasteiger partial charge in [-0.15, -0.1) is 13.2 Å². The molecule has 0 aliphatic heterocycles. The van der Waals surface area contributed by atoms with Crippen LogP contribution in [0.25, 0.3) is 0 Å². The number of amidine groups is 1. The van der Waals surface area contributed by atoms with Crippen LogP contribution in [0.15, 0.2) is 29.3 Å². The van der Waals surface area contributed by atoms with Crippen molar-refractivity contribution in [3.05, 3.63) is 24.3 Å². The Morgan fingerprint density at radius 1 is 1.53 bits per heavy atom. The summed E-state index contributed by atoms with van der Waals surface area (Å²) in [5.41, 5.74) is 8.63. The highest BCUT2D eigenvalue weighted by Crippen LogP contribution is 2.28. The quantitative estimate of drug-likeness (QED) is 0.422. The van der Waals surface area contributed by atoms with Gasteiger partial charge >= 0.3 is 0 Å². The Labute approximate surface area is 94.0 Å². The topological polar surface area (TPSA) is 38.4 Å². The summed E-state index contributed by atoms with van der Waals surface area (Å²) in [4.78, 5) is 4.26. The van der Waals surface area contributed by atoms with Crippen LogP contribution in [-0.2, 0) is 0 Å². The number of hydrogen-bond acceptors (Lipinski definition) is 1. The van der Waals surface area contributed by atoms with E-state index in [9.17, 15) is 0 Å². The molecule has 1 aliphatic carbocycles. The standard InChI is InChI=1S/C11H20N2.C2H4/c1-4-13-11(12)10-6-5-8(2)7-9(10)3;1-2/h8H,4-7H2,1-3H3,(H2,12,13);1-2H2. The van der Waals surface area contributed by atoms with Crippen molar-refractivity contribution in [3.63, 3.8) is 0 Å². The second-order valence-corrected chi connectivity index (χ2v) is 3.97. The summed E-state index contributed by atoms with van der Waals surface area (Å²) < 4.78 is 0. The van der Waals surface area contributed by atoms with E-state index in [1.54, 1.807) is 0 Å². The molecule has 0 amide bonds. The highest BCUT2D eigenvalue weighted by Gasteiger charge is 2.16. The normalized spacial score (nSPS) is 22.1. The van der Waals surface area contributed by atoms with Gasteiger partial charge in [-0.3, -0.25) is 4.99 Å². The first-order valence-corrected chi connectivity index (χ1v) is 5.64. The zero-order chi connectivity index (χ0) is 11.8. The molecule has 1 aliphatic rings. The van der Waals surface area contributed by atoms with E-state index >= 15 is 0 Å². The minimum absolute atomic E-state index is 0.770. The van der Waals surface area contributed by atoms with E-state index in [1.807, 2.05) is 6.92 Å². The van der Waals surface area contributed by atoms with Crippen molar-refractivity contribution in [2.75, 3.05) is 6.54 Å². The maximum Gasteiger partial charge on any atom is 0.121 e. The van der Waals surface area contributed by atoms with Gasteiger partial charge in [0.1, 0.15) is 5.84 Å². The summed E-state index contributed by atoms with van der Waals surface area (Å²) in [5.74, 6) is 1.59. The van der Waals surface area contributed by atoms with Crippen LogP contribution in [0.3, 0.4) is 0 Å². The smallest absolute Gasteiger partial charge is 0.121 e. The first-order valence-electron chi connectivity index (χ1n) is 5.64. The number of nitrogens with two attached hydrogens (primary N) is 1. The predicted octanol–water partition coefficient (Wildman–Crippen LogP) is 3.30. The van der Waals surface area contributed by atoms with Crippen LogP contribution in [0.4, 0.5) is 0 Å². The average Bonchev–Trinajstić information content (AvgIpc) is 2.21. The maximum absolute atomic E-state index is 5.89. The minimum atomic E-state index is 0.770. The summed E-state index contributed by atoms with van der Waals surface area (Å²) in [7, 11) is 0. The monoisotopic (exact) mass is 208 g/mol. The second-order valence-electron chi connectivity index (χ2n) is 3.97. The molecule has 0 saturated heterocycles. The van der Waals surface area contributed by atoms with E-state index in [-0.39, 0.29) is 0 Å². The Balaban J connectivity index is 0.000000921. The Hall–Kier alpha value is -1.05. The lowest BCUT2D eigenvalue weighted by atomic mass is 9.85. The molecule has 1 unspecified atom stereocenters. The van der Waals surface area contributed by atoms with Gasteiger partial charge in [-0.05, 0) is 44.6 Å². The second kappa shape index (κ2) is 7.27. The molecule has 0 bridgehead atoms. The summed E-state index contributed by atoms with van der Waals surface area (Å²) in [6.07, 6.45) is 3.56. The molecule has 1 rings (SSSR count). The molecule has 0 heterocycles. The zero-order valence-corrected chi connectivity index (χ0v) is 10.3. The van der Waals surface area contributed by atoms with E-state index in [0.717, 1.165) is 24.7 Å². The van der Waals surface area contributed by atoms with Gasteiger partial charge in [0.2, 0.25) is 0 Å². The molecule has 0 radical (unpaired) electrons. The van der Waals surface area contributed by atoms with E-state index in [1.165, 1.54) is 24.0 Å². The van der Waals surface area contributed by atoms with Crippen molar-refractivity contribution in [2.24, 2.45) is 16.6 Å². The van der Waals surface area contributed by atoms with E-state index in [0.29, 0.717) is 0 Å². The molecule has 0 saturated carbocycles. The maximum atomic E-state index is 5.89. The van der Waals surface area contributed by atoms with Gasteiger partial charge in [0, 0.05) is 6.54 Å². The van der Waals surface area contributed by atoms with Gasteiger partial charge in [-0.1, -0.05) is 12.5 Å². The Morgan fingerprint density at radius 3 is 2.60 bits per heavy atom. The summed E-state index contributed by atoms with van der Waals surface area (Å²) in [6.45, 7) is 13.3. The molecule has 2 nitrogen and oxygen atoms in total. The highest BCUT2D eigenvalue weighted by atomic mass is 14.8. The molecule has 15 heavy (non-hydrogen) atoms. The number of hydrogen-bond donors (Lipinski definition) is 1. The summed E-state index contributed by atoms with van der Waals surface area (Å²) in [6, 6.07) is 0. The van der Waals surface area contributed by atoms with Gasteiger partial charge < -0.3 is 5.73 Å². The molecule has 2 heteroatoms. The Morgan fingerprint density at radius 2 is 2.13 bits per heavy atom. The number of rotatable bonds is 2. The third kappa shape index (κ3) is 4.32. The fourth-order valence-corrected chi connectivity index (χ4v) is 1.96. The SMILES string of the molecule is C=C.CCN=C(N)C1=C(C)CC(C)CC1. The van der Waals surface area contributed by atoms with Crippen LogP contribution in [0.5, 0.6) is 0 Å². The Bertz CT molecular complexity index is 251. The third-order valence-corrected chi connectivity index (χ3v) is 2.69. The number of allylic oxidation sites excluding steroid dienone is 1. The molecule has 0 aromatic rings. The zero-order valence-electron chi connectivity index (χ0n) is 10.3. The molecule has 0 aromatic heterocycles. The fraction of sp³-hybridized carbons (Fsp3) is 0.615. The number of aliphatic imine (C=N–C) groups is 1. The highest BCUT2D eigenvalue weighted by molar-refractivity contribution is 5.97. The van der Waals surface area contributed by atoms with Gasteiger partial charge in [-0.2, -0.15) is 0 Å². The van der Waals surface area contributed by atoms with Crippen molar-refractivity contribution < 1.29 is 0 Å². The lowest BCUT2D eigenvalue weighted by Crippen LogP contribution is -2.20. The fourth-order valence-electron chi connectivity index (χ4n) is 1.96. The lowest BCUT2D eigenvalue weighted by molar-refractivity contribution is 0.503. The van der Waals surface area contributed by atoms with Crippen molar-refractivity contribution >= 4 is 5.84 Å². The predicted molar refractivity (Wildman–Crippen MR) is 69.1 cm³/mol. The van der Waals surface area contributed by atoms with Crippen LogP contribution in [0, 0.1) is 5.92 Å². The van der Waals surface area contributed by atoms with Crippen LogP contribution in [0.2, 0.25) is 0 Å². The molecule has 86 valence electrons. The molecular weight excluding hydrogens is 184 g/mol. The van der Waals surface area contributed by atoms with E-state index < -0.39 is 0 Å². The average molecular weight is 208 g/mol. The largest absolute Gasteiger partial charge is 0.384 e. The van der Waals surface area contributed by atoms with Gasteiger partial charge in [-0.25, -0.2) is 0 Å². The minimum Gasteiger partial charge on any atom is -0.384 e. The van der Waals surface area contributed by atoms with E-state index in [2.05, 4.69) is 32.0 Å². The summed E-state index contributed by atoms with van der Waals surface area (Å²) in [5, 5.41) is 0. The third-order valence-electron chi connectivity index (χ3n) is 2.69. The van der Waals surface area contributed by atoms with Gasteiger partial charge in [0.15, 0.2) is 0 Å². The molecule has 1 atom stereocenters.